The van der Waals surface area contributed by atoms with Crippen molar-refractivity contribution in [2.75, 3.05) is 0 Å². The van der Waals surface area contributed by atoms with Crippen molar-refractivity contribution >= 4 is 34.7 Å². The van der Waals surface area contributed by atoms with E-state index in [0.29, 0.717) is 16.5 Å². The summed E-state index contributed by atoms with van der Waals surface area (Å²) in [5.74, 6) is 0.234. The first-order valence-corrected chi connectivity index (χ1v) is 7.46. The molecule has 0 spiro atoms. The van der Waals surface area contributed by atoms with Gasteiger partial charge in [-0.25, -0.2) is 0 Å². The Balaban J connectivity index is 2.23. The van der Waals surface area contributed by atoms with Crippen molar-refractivity contribution in [3.63, 3.8) is 0 Å². The molecule has 1 aromatic carbocycles. The zero-order valence-electron chi connectivity index (χ0n) is 10.6. The molecule has 0 fully saturated rings. The van der Waals surface area contributed by atoms with Gasteiger partial charge in [-0.05, 0) is 41.2 Å². The molecule has 19 heavy (non-hydrogen) atoms. The van der Waals surface area contributed by atoms with Crippen LogP contribution in [0, 0.1) is 0 Å². The molecule has 0 radical (unpaired) electrons. The fourth-order valence-corrected chi connectivity index (χ4v) is 3.02. The number of halogens is 2. The Morgan fingerprint density at radius 3 is 2.74 bits per heavy atom. The summed E-state index contributed by atoms with van der Waals surface area (Å²) < 4.78 is 3.92. The lowest BCUT2D eigenvalue weighted by atomic mass is 10.0. The third-order valence-electron chi connectivity index (χ3n) is 2.81. The molecular formula is C13H14Cl2N2OS. The second-order valence-electron chi connectivity index (χ2n) is 4.63. The minimum absolute atomic E-state index is 0.234. The van der Waals surface area contributed by atoms with Crippen LogP contribution >= 0.6 is 34.7 Å². The Kier molecular flexibility index (Phi) is 4.79. The molecule has 0 aliphatic rings. The molecule has 6 heteroatoms. The summed E-state index contributed by atoms with van der Waals surface area (Å²) in [7, 11) is 0. The van der Waals surface area contributed by atoms with Gasteiger partial charge in [-0.15, -0.1) is 5.10 Å². The third-order valence-corrected chi connectivity index (χ3v) is 4.26. The average Bonchev–Trinajstić information content (AvgIpc) is 2.83. The first-order valence-electron chi connectivity index (χ1n) is 5.93. The predicted octanol–water partition coefficient (Wildman–Crippen LogP) is 4.24. The first kappa shape index (κ1) is 14.7. The van der Waals surface area contributed by atoms with E-state index in [9.17, 15) is 5.11 Å². The fraction of sp³-hybridized carbons (Fsp3) is 0.385. The van der Waals surface area contributed by atoms with E-state index in [2.05, 4.69) is 9.59 Å². The molecule has 0 amide bonds. The molecule has 0 saturated heterocycles. The molecule has 2 rings (SSSR count). The Morgan fingerprint density at radius 2 is 2.05 bits per heavy atom. The van der Waals surface area contributed by atoms with Gasteiger partial charge in [0, 0.05) is 16.5 Å². The molecule has 1 N–H and O–H groups in total. The number of rotatable bonds is 4. The second kappa shape index (κ2) is 6.18. The van der Waals surface area contributed by atoms with Crippen molar-refractivity contribution in [1.29, 1.82) is 0 Å². The highest BCUT2D eigenvalue weighted by molar-refractivity contribution is 7.05. The Labute approximate surface area is 126 Å². The Hall–Kier alpha value is -0.680. The van der Waals surface area contributed by atoms with Gasteiger partial charge in [-0.3, -0.25) is 0 Å². The van der Waals surface area contributed by atoms with Gasteiger partial charge in [-0.2, -0.15) is 0 Å². The van der Waals surface area contributed by atoms with Crippen LogP contribution in [0.15, 0.2) is 18.2 Å². The number of nitrogens with zero attached hydrogens (tertiary/aromatic N) is 2. The van der Waals surface area contributed by atoms with Crippen LogP contribution in [-0.4, -0.2) is 14.7 Å². The topological polar surface area (TPSA) is 46.0 Å². The van der Waals surface area contributed by atoms with Crippen LogP contribution in [0.1, 0.15) is 42.0 Å². The van der Waals surface area contributed by atoms with Crippen molar-refractivity contribution in [3.05, 3.63) is 44.4 Å². The lowest BCUT2D eigenvalue weighted by Crippen LogP contribution is -2.04. The fourth-order valence-electron chi connectivity index (χ4n) is 1.84. The Morgan fingerprint density at radius 1 is 1.32 bits per heavy atom. The van der Waals surface area contributed by atoms with E-state index in [0.717, 1.165) is 16.1 Å². The summed E-state index contributed by atoms with van der Waals surface area (Å²) in [6.07, 6.45) is -0.253. The molecule has 102 valence electrons. The van der Waals surface area contributed by atoms with E-state index < -0.39 is 6.10 Å². The number of hydrogen-bond acceptors (Lipinski definition) is 4. The van der Waals surface area contributed by atoms with Crippen molar-refractivity contribution in [3.8, 4) is 0 Å². The molecule has 1 atom stereocenters. The molecule has 0 aliphatic heterocycles. The van der Waals surface area contributed by atoms with E-state index in [1.807, 2.05) is 13.8 Å². The number of aliphatic hydroxyl groups is 1. The van der Waals surface area contributed by atoms with Gasteiger partial charge in [0.05, 0.1) is 16.7 Å². The predicted molar refractivity (Wildman–Crippen MR) is 79.1 cm³/mol. The minimum Gasteiger partial charge on any atom is -0.387 e. The summed E-state index contributed by atoms with van der Waals surface area (Å²) in [4.78, 5) is 0.797. The molecule has 0 aliphatic carbocycles. The number of hydrogen-bond donors (Lipinski definition) is 1. The van der Waals surface area contributed by atoms with Gasteiger partial charge >= 0.3 is 0 Å². The zero-order valence-corrected chi connectivity index (χ0v) is 12.9. The standard InChI is InChI=1S/C13H14Cl2N2OS/c1-7(2)12-13(19-17-16-12)11(18)6-8-5-9(14)3-4-10(8)15/h3-5,7,11,18H,6H2,1-2H3. The van der Waals surface area contributed by atoms with Gasteiger partial charge < -0.3 is 5.11 Å². The minimum atomic E-state index is -0.659. The van der Waals surface area contributed by atoms with Crippen molar-refractivity contribution in [2.24, 2.45) is 0 Å². The van der Waals surface area contributed by atoms with Crippen molar-refractivity contribution in [1.82, 2.24) is 9.59 Å². The quantitative estimate of drug-likeness (QED) is 0.917. The summed E-state index contributed by atoms with van der Waals surface area (Å²) in [5, 5.41) is 15.6. The third kappa shape index (κ3) is 3.45. The largest absolute Gasteiger partial charge is 0.387 e. The van der Waals surface area contributed by atoms with Crippen LogP contribution in [0.4, 0.5) is 0 Å². The van der Waals surface area contributed by atoms with Crippen LogP contribution in [0.2, 0.25) is 10.0 Å². The van der Waals surface area contributed by atoms with E-state index in [-0.39, 0.29) is 5.92 Å². The highest BCUT2D eigenvalue weighted by Crippen LogP contribution is 2.31. The van der Waals surface area contributed by atoms with Crippen LogP contribution < -0.4 is 0 Å². The van der Waals surface area contributed by atoms with Gasteiger partial charge in [0.2, 0.25) is 0 Å². The highest BCUT2D eigenvalue weighted by atomic mass is 35.5. The molecule has 3 nitrogen and oxygen atoms in total. The van der Waals surface area contributed by atoms with E-state index in [4.69, 9.17) is 23.2 Å². The van der Waals surface area contributed by atoms with Crippen molar-refractivity contribution in [2.45, 2.75) is 32.3 Å². The van der Waals surface area contributed by atoms with Crippen molar-refractivity contribution < 1.29 is 5.11 Å². The molecule has 2 aromatic rings. The molecule has 0 bridgehead atoms. The number of aliphatic hydroxyl groups excluding tert-OH is 1. The van der Waals surface area contributed by atoms with E-state index >= 15 is 0 Å². The van der Waals surface area contributed by atoms with Gasteiger partial charge in [0.1, 0.15) is 0 Å². The molecule has 1 aromatic heterocycles. The van der Waals surface area contributed by atoms with Crippen LogP contribution in [0.5, 0.6) is 0 Å². The monoisotopic (exact) mass is 316 g/mol. The summed E-state index contributed by atoms with van der Waals surface area (Å²) >= 11 is 13.3. The molecule has 0 saturated carbocycles. The highest BCUT2D eigenvalue weighted by Gasteiger charge is 2.20. The normalized spacial score (nSPS) is 12.9. The maximum atomic E-state index is 10.3. The summed E-state index contributed by atoms with van der Waals surface area (Å²) in [5.41, 5.74) is 1.67. The zero-order chi connectivity index (χ0) is 14.0. The first-order chi connectivity index (χ1) is 8.99. The maximum absolute atomic E-state index is 10.3. The average molecular weight is 317 g/mol. The SMILES string of the molecule is CC(C)c1nnsc1C(O)Cc1cc(Cl)ccc1Cl. The van der Waals surface area contributed by atoms with Gasteiger partial charge in [0.25, 0.3) is 0 Å². The van der Waals surface area contributed by atoms with Gasteiger partial charge in [0.15, 0.2) is 0 Å². The van der Waals surface area contributed by atoms with Gasteiger partial charge in [-0.1, -0.05) is 41.5 Å². The van der Waals surface area contributed by atoms with E-state index in [1.54, 1.807) is 18.2 Å². The molecule has 1 heterocycles. The molecule has 1 unspecified atom stereocenters. The summed E-state index contributed by atoms with van der Waals surface area (Å²) in [6, 6.07) is 5.24. The van der Waals surface area contributed by atoms with Crippen LogP contribution in [0.25, 0.3) is 0 Å². The van der Waals surface area contributed by atoms with E-state index in [1.165, 1.54) is 11.5 Å². The van der Waals surface area contributed by atoms with Crippen LogP contribution in [0.3, 0.4) is 0 Å². The Bertz CT molecular complexity index is 572. The lowest BCUT2D eigenvalue weighted by Gasteiger charge is -2.12. The molecular weight excluding hydrogens is 303 g/mol. The maximum Gasteiger partial charge on any atom is 0.0957 e. The number of aromatic nitrogens is 2. The van der Waals surface area contributed by atoms with Crippen LogP contribution in [-0.2, 0) is 6.42 Å². The smallest absolute Gasteiger partial charge is 0.0957 e. The number of benzene rings is 1. The lowest BCUT2D eigenvalue weighted by molar-refractivity contribution is 0.180. The summed E-state index contributed by atoms with van der Waals surface area (Å²) in [6.45, 7) is 4.05. The second-order valence-corrected chi connectivity index (χ2v) is 6.26.